The molecule has 0 N–H and O–H groups in total. The van der Waals surface area contributed by atoms with E-state index in [-0.39, 0.29) is 0 Å². The normalized spacial score (nSPS) is 50.8. The quantitative estimate of drug-likeness (QED) is 0.588. The Morgan fingerprint density at radius 1 is 1.00 bits per heavy atom. The SMILES string of the molecule is CC(C)C1C(C(C)C)C12CC2C. The Labute approximate surface area is 76.7 Å². The lowest BCUT2D eigenvalue weighted by Gasteiger charge is -2.04. The van der Waals surface area contributed by atoms with Crippen LogP contribution in [0, 0.1) is 35.0 Å². The van der Waals surface area contributed by atoms with Gasteiger partial charge in [0.1, 0.15) is 0 Å². The fourth-order valence-electron chi connectivity index (χ4n) is 3.99. The first-order valence-corrected chi connectivity index (χ1v) is 5.51. The molecule has 0 heterocycles. The van der Waals surface area contributed by atoms with Crippen LogP contribution in [0.2, 0.25) is 0 Å². The number of hydrogen-bond acceptors (Lipinski definition) is 0. The van der Waals surface area contributed by atoms with Gasteiger partial charge in [-0.1, -0.05) is 34.6 Å². The van der Waals surface area contributed by atoms with Crippen LogP contribution in [-0.4, -0.2) is 0 Å². The van der Waals surface area contributed by atoms with Gasteiger partial charge in [-0.2, -0.15) is 0 Å². The maximum atomic E-state index is 2.44. The second-order valence-electron chi connectivity index (χ2n) is 5.76. The van der Waals surface area contributed by atoms with Gasteiger partial charge in [-0.3, -0.25) is 0 Å². The van der Waals surface area contributed by atoms with E-state index < -0.39 is 0 Å². The number of rotatable bonds is 2. The third kappa shape index (κ3) is 0.843. The largest absolute Gasteiger partial charge is 0.0625 e. The molecule has 0 bridgehead atoms. The van der Waals surface area contributed by atoms with E-state index in [0.29, 0.717) is 0 Å². The van der Waals surface area contributed by atoms with Gasteiger partial charge in [-0.15, -0.1) is 0 Å². The fourth-order valence-corrected chi connectivity index (χ4v) is 3.99. The highest BCUT2D eigenvalue weighted by molar-refractivity contribution is 5.23. The van der Waals surface area contributed by atoms with Crippen molar-refractivity contribution in [1.29, 1.82) is 0 Å². The van der Waals surface area contributed by atoms with E-state index in [1.165, 1.54) is 6.42 Å². The highest BCUT2D eigenvalue weighted by Crippen LogP contribution is 2.81. The molecule has 70 valence electrons. The minimum Gasteiger partial charge on any atom is -0.0625 e. The molecule has 0 aromatic heterocycles. The van der Waals surface area contributed by atoms with E-state index >= 15 is 0 Å². The average molecular weight is 166 g/mol. The summed E-state index contributed by atoms with van der Waals surface area (Å²) in [4.78, 5) is 0. The molecule has 0 heteroatoms. The Balaban J connectivity index is 2.09. The molecule has 0 aromatic carbocycles. The summed E-state index contributed by atoms with van der Waals surface area (Å²) in [6, 6.07) is 0. The van der Waals surface area contributed by atoms with Crippen molar-refractivity contribution in [1.82, 2.24) is 0 Å². The molecule has 2 saturated carbocycles. The van der Waals surface area contributed by atoms with Crippen LogP contribution in [-0.2, 0) is 0 Å². The smallest absolute Gasteiger partial charge is 0.0202 e. The van der Waals surface area contributed by atoms with Gasteiger partial charge in [0.25, 0.3) is 0 Å². The van der Waals surface area contributed by atoms with Crippen LogP contribution in [0.15, 0.2) is 0 Å². The summed E-state index contributed by atoms with van der Waals surface area (Å²) in [5.74, 6) is 5.00. The maximum Gasteiger partial charge on any atom is -0.0202 e. The standard InChI is InChI=1S/C12H22/c1-7(2)10-11(8(3)4)12(10)6-9(12)5/h7-11H,6H2,1-5H3. The summed E-state index contributed by atoms with van der Waals surface area (Å²) >= 11 is 0. The summed E-state index contributed by atoms with van der Waals surface area (Å²) in [6.45, 7) is 12.1. The van der Waals surface area contributed by atoms with Crippen LogP contribution in [0.5, 0.6) is 0 Å². The van der Waals surface area contributed by atoms with Gasteiger partial charge in [-0.25, -0.2) is 0 Å². The molecule has 0 aromatic rings. The van der Waals surface area contributed by atoms with Crippen molar-refractivity contribution in [2.75, 3.05) is 0 Å². The molecular weight excluding hydrogens is 144 g/mol. The molecular formula is C12H22. The van der Waals surface area contributed by atoms with Gasteiger partial charge in [0.05, 0.1) is 0 Å². The first-order valence-electron chi connectivity index (χ1n) is 5.51. The van der Waals surface area contributed by atoms with Crippen LogP contribution < -0.4 is 0 Å². The van der Waals surface area contributed by atoms with Crippen LogP contribution >= 0.6 is 0 Å². The van der Waals surface area contributed by atoms with Gasteiger partial charge in [0, 0.05) is 0 Å². The first-order chi connectivity index (χ1) is 5.51. The van der Waals surface area contributed by atoms with E-state index in [4.69, 9.17) is 0 Å². The van der Waals surface area contributed by atoms with Gasteiger partial charge in [0.15, 0.2) is 0 Å². The number of hydrogen-bond donors (Lipinski definition) is 0. The topological polar surface area (TPSA) is 0 Å². The third-order valence-corrected chi connectivity index (χ3v) is 4.37. The van der Waals surface area contributed by atoms with Crippen molar-refractivity contribution in [2.45, 2.75) is 41.0 Å². The summed E-state index contributed by atoms with van der Waals surface area (Å²) in [6.07, 6.45) is 1.53. The van der Waals surface area contributed by atoms with E-state index in [9.17, 15) is 0 Å². The monoisotopic (exact) mass is 166 g/mol. The minimum absolute atomic E-state index is 0.836. The minimum atomic E-state index is 0.836. The van der Waals surface area contributed by atoms with Crippen molar-refractivity contribution >= 4 is 0 Å². The Hall–Kier alpha value is 0. The van der Waals surface area contributed by atoms with Crippen molar-refractivity contribution in [3.8, 4) is 0 Å². The molecule has 3 unspecified atom stereocenters. The lowest BCUT2D eigenvalue weighted by molar-refractivity contribution is 0.448. The molecule has 2 rings (SSSR count). The first kappa shape index (κ1) is 8.59. The van der Waals surface area contributed by atoms with Gasteiger partial charge in [-0.05, 0) is 41.4 Å². The third-order valence-electron chi connectivity index (χ3n) is 4.37. The molecule has 1 spiro atoms. The molecule has 0 amide bonds. The molecule has 2 aliphatic carbocycles. The Kier molecular flexibility index (Phi) is 1.63. The highest BCUT2D eigenvalue weighted by atomic mass is 14.8. The lowest BCUT2D eigenvalue weighted by atomic mass is 10.0. The predicted octanol–water partition coefficient (Wildman–Crippen LogP) is 3.57. The molecule has 2 fully saturated rings. The van der Waals surface area contributed by atoms with Crippen molar-refractivity contribution < 1.29 is 0 Å². The van der Waals surface area contributed by atoms with Crippen LogP contribution in [0.1, 0.15) is 41.0 Å². The average Bonchev–Trinajstić information content (AvgIpc) is 2.73. The van der Waals surface area contributed by atoms with E-state index in [0.717, 1.165) is 35.0 Å². The maximum absolute atomic E-state index is 2.44. The second kappa shape index (κ2) is 2.27. The molecule has 3 atom stereocenters. The zero-order chi connectivity index (χ0) is 9.09. The van der Waals surface area contributed by atoms with Gasteiger partial charge >= 0.3 is 0 Å². The molecule has 0 saturated heterocycles. The van der Waals surface area contributed by atoms with E-state index in [1.54, 1.807) is 0 Å². The van der Waals surface area contributed by atoms with Crippen molar-refractivity contribution in [2.24, 2.45) is 35.0 Å². The van der Waals surface area contributed by atoms with Gasteiger partial charge in [0.2, 0.25) is 0 Å². The second-order valence-corrected chi connectivity index (χ2v) is 5.76. The molecule has 2 aliphatic rings. The molecule has 0 radical (unpaired) electrons. The van der Waals surface area contributed by atoms with E-state index in [1.807, 2.05) is 0 Å². The molecule has 0 nitrogen and oxygen atoms in total. The summed E-state index contributed by atoms with van der Waals surface area (Å²) in [5.41, 5.74) is 0.836. The van der Waals surface area contributed by atoms with Crippen LogP contribution in [0.25, 0.3) is 0 Å². The molecule has 0 aliphatic heterocycles. The zero-order valence-corrected chi connectivity index (χ0v) is 9.09. The van der Waals surface area contributed by atoms with Crippen LogP contribution in [0.3, 0.4) is 0 Å². The van der Waals surface area contributed by atoms with E-state index in [2.05, 4.69) is 34.6 Å². The molecule has 12 heavy (non-hydrogen) atoms. The zero-order valence-electron chi connectivity index (χ0n) is 9.09. The highest BCUT2D eigenvalue weighted by Gasteiger charge is 2.76. The summed E-state index contributed by atoms with van der Waals surface area (Å²) in [5, 5.41) is 0. The Bertz CT molecular complexity index is 176. The Morgan fingerprint density at radius 3 is 1.42 bits per heavy atom. The lowest BCUT2D eigenvalue weighted by Crippen LogP contribution is -1.97. The Morgan fingerprint density at radius 2 is 1.33 bits per heavy atom. The fraction of sp³-hybridized carbons (Fsp3) is 1.00. The van der Waals surface area contributed by atoms with Gasteiger partial charge < -0.3 is 0 Å². The van der Waals surface area contributed by atoms with Crippen molar-refractivity contribution in [3.05, 3.63) is 0 Å². The van der Waals surface area contributed by atoms with Crippen molar-refractivity contribution in [3.63, 3.8) is 0 Å². The summed E-state index contributed by atoms with van der Waals surface area (Å²) in [7, 11) is 0. The summed E-state index contributed by atoms with van der Waals surface area (Å²) < 4.78 is 0. The predicted molar refractivity (Wildman–Crippen MR) is 52.9 cm³/mol. The van der Waals surface area contributed by atoms with Crippen LogP contribution in [0.4, 0.5) is 0 Å².